The van der Waals surface area contributed by atoms with Crippen molar-refractivity contribution in [3.8, 4) is 0 Å². The number of hydrogen-bond donors (Lipinski definition) is 0. The standard InChI is InChI=1S/C11H10N4O4S/c1-11(18-2-3-19-11)9-7-20-10(13-9)6-14-5-8(4-12-14)15(16)17/h2-5,7H,6H2,1H3. The molecule has 0 N–H and O–H groups in total. The third-order valence-electron chi connectivity index (χ3n) is 2.79. The number of hydrogen-bond acceptors (Lipinski definition) is 7. The second kappa shape index (κ2) is 4.60. The Labute approximate surface area is 117 Å². The van der Waals surface area contributed by atoms with Crippen LogP contribution in [0.1, 0.15) is 17.6 Å². The topological polar surface area (TPSA) is 92.3 Å². The van der Waals surface area contributed by atoms with Gasteiger partial charge in [-0.25, -0.2) is 4.98 Å². The summed E-state index contributed by atoms with van der Waals surface area (Å²) in [5.74, 6) is -0.898. The fourth-order valence-electron chi connectivity index (χ4n) is 1.73. The van der Waals surface area contributed by atoms with Crippen LogP contribution in [0.2, 0.25) is 0 Å². The average Bonchev–Trinajstić information content (AvgIpc) is 3.10. The molecule has 3 heterocycles. The van der Waals surface area contributed by atoms with Crippen molar-refractivity contribution in [2.45, 2.75) is 19.3 Å². The van der Waals surface area contributed by atoms with E-state index < -0.39 is 10.7 Å². The quantitative estimate of drug-likeness (QED) is 0.632. The predicted molar refractivity (Wildman–Crippen MR) is 68.8 cm³/mol. The molecule has 8 nitrogen and oxygen atoms in total. The summed E-state index contributed by atoms with van der Waals surface area (Å²) in [5, 5.41) is 17.1. The number of thiazole rings is 1. The van der Waals surface area contributed by atoms with Crippen LogP contribution in [0.5, 0.6) is 0 Å². The van der Waals surface area contributed by atoms with Gasteiger partial charge in [-0.3, -0.25) is 14.8 Å². The van der Waals surface area contributed by atoms with Crippen molar-refractivity contribution in [3.05, 3.63) is 51.1 Å². The summed E-state index contributed by atoms with van der Waals surface area (Å²) in [6.07, 6.45) is 5.52. The Morgan fingerprint density at radius 2 is 2.25 bits per heavy atom. The Morgan fingerprint density at radius 1 is 1.50 bits per heavy atom. The zero-order valence-corrected chi connectivity index (χ0v) is 11.2. The van der Waals surface area contributed by atoms with Crippen LogP contribution in [0.25, 0.3) is 0 Å². The minimum Gasteiger partial charge on any atom is -0.452 e. The van der Waals surface area contributed by atoms with E-state index in [1.807, 2.05) is 5.38 Å². The molecule has 104 valence electrons. The average molecular weight is 294 g/mol. The molecule has 3 rings (SSSR count). The second-order valence-electron chi connectivity index (χ2n) is 4.23. The van der Waals surface area contributed by atoms with Crippen LogP contribution in [-0.2, 0) is 21.8 Å². The van der Waals surface area contributed by atoms with Crippen LogP contribution in [0.3, 0.4) is 0 Å². The highest BCUT2D eigenvalue weighted by Crippen LogP contribution is 2.32. The Bertz CT molecular complexity index is 670. The van der Waals surface area contributed by atoms with Gasteiger partial charge in [0.1, 0.15) is 35.6 Å². The summed E-state index contributed by atoms with van der Waals surface area (Å²) in [5.41, 5.74) is 0.615. The highest BCUT2D eigenvalue weighted by molar-refractivity contribution is 7.09. The fraction of sp³-hybridized carbons (Fsp3) is 0.273. The molecular weight excluding hydrogens is 284 g/mol. The van der Waals surface area contributed by atoms with E-state index in [0.29, 0.717) is 12.2 Å². The van der Waals surface area contributed by atoms with E-state index in [1.54, 1.807) is 6.92 Å². The van der Waals surface area contributed by atoms with E-state index in [1.165, 1.54) is 40.9 Å². The highest BCUT2D eigenvalue weighted by atomic mass is 32.1. The molecule has 0 spiro atoms. The second-order valence-corrected chi connectivity index (χ2v) is 5.18. The molecule has 20 heavy (non-hydrogen) atoms. The first-order chi connectivity index (χ1) is 9.57. The normalized spacial score (nSPS) is 15.8. The molecule has 0 bridgehead atoms. The highest BCUT2D eigenvalue weighted by Gasteiger charge is 2.34. The number of rotatable bonds is 4. The Hall–Kier alpha value is -2.42. The van der Waals surface area contributed by atoms with Crippen LogP contribution in [0, 0.1) is 10.1 Å². The Balaban J connectivity index is 1.75. The van der Waals surface area contributed by atoms with Gasteiger partial charge in [0.15, 0.2) is 0 Å². The molecule has 2 aromatic heterocycles. The fourth-order valence-corrected chi connectivity index (χ4v) is 2.60. The van der Waals surface area contributed by atoms with Gasteiger partial charge in [-0.2, -0.15) is 5.10 Å². The molecule has 0 atom stereocenters. The summed E-state index contributed by atoms with van der Waals surface area (Å²) >= 11 is 1.42. The Kier molecular flexibility index (Phi) is 2.90. The summed E-state index contributed by atoms with van der Waals surface area (Å²) < 4.78 is 12.2. The lowest BCUT2D eigenvalue weighted by atomic mass is 10.2. The van der Waals surface area contributed by atoms with Crippen molar-refractivity contribution < 1.29 is 14.4 Å². The van der Waals surface area contributed by atoms with Crippen molar-refractivity contribution >= 4 is 17.0 Å². The van der Waals surface area contributed by atoms with E-state index in [9.17, 15) is 10.1 Å². The van der Waals surface area contributed by atoms with Gasteiger partial charge in [0, 0.05) is 12.3 Å². The molecule has 0 radical (unpaired) electrons. The SMILES string of the molecule is CC1(c2csc(Cn3cc([N+](=O)[O-])cn3)n2)OC=CO1. The third-order valence-corrected chi connectivity index (χ3v) is 3.62. The third kappa shape index (κ3) is 2.23. The molecule has 0 aromatic carbocycles. The molecular formula is C11H10N4O4S. The molecule has 2 aromatic rings. The summed E-state index contributed by atoms with van der Waals surface area (Å²) in [7, 11) is 0. The predicted octanol–water partition coefficient (Wildman–Crippen LogP) is 1.99. The number of ether oxygens (including phenoxy) is 2. The number of nitro groups is 1. The molecule has 1 aliphatic rings. The van der Waals surface area contributed by atoms with E-state index in [0.717, 1.165) is 5.01 Å². The Morgan fingerprint density at radius 3 is 2.90 bits per heavy atom. The lowest BCUT2D eigenvalue weighted by molar-refractivity contribution is -0.385. The summed E-state index contributed by atoms with van der Waals surface area (Å²) in [6, 6.07) is 0. The number of nitrogens with zero attached hydrogens (tertiary/aromatic N) is 4. The largest absolute Gasteiger partial charge is 0.452 e. The van der Waals surface area contributed by atoms with E-state index in [4.69, 9.17) is 9.47 Å². The van der Waals surface area contributed by atoms with Crippen LogP contribution >= 0.6 is 11.3 Å². The molecule has 9 heteroatoms. The molecule has 0 unspecified atom stereocenters. The molecule has 0 amide bonds. The van der Waals surface area contributed by atoms with Gasteiger partial charge in [-0.05, 0) is 0 Å². The first-order valence-corrected chi connectivity index (χ1v) is 6.57. The maximum absolute atomic E-state index is 10.6. The maximum Gasteiger partial charge on any atom is 0.307 e. The molecule has 0 saturated carbocycles. The van der Waals surface area contributed by atoms with Gasteiger partial charge in [-0.1, -0.05) is 0 Å². The molecule has 0 aliphatic carbocycles. The molecule has 0 fully saturated rings. The minimum atomic E-state index is -0.898. The van der Waals surface area contributed by atoms with Gasteiger partial charge in [0.05, 0.1) is 11.5 Å². The van der Waals surface area contributed by atoms with Gasteiger partial charge in [0.2, 0.25) is 0 Å². The van der Waals surface area contributed by atoms with Crippen molar-refractivity contribution in [1.29, 1.82) is 0 Å². The van der Waals surface area contributed by atoms with Crippen LogP contribution in [0.4, 0.5) is 5.69 Å². The minimum absolute atomic E-state index is 0.0413. The zero-order valence-electron chi connectivity index (χ0n) is 10.4. The maximum atomic E-state index is 10.6. The summed E-state index contributed by atoms with van der Waals surface area (Å²) in [6.45, 7) is 2.13. The van der Waals surface area contributed by atoms with Gasteiger partial charge in [0.25, 0.3) is 5.79 Å². The van der Waals surface area contributed by atoms with E-state index in [-0.39, 0.29) is 5.69 Å². The van der Waals surface area contributed by atoms with Crippen molar-refractivity contribution in [2.24, 2.45) is 0 Å². The van der Waals surface area contributed by atoms with Gasteiger partial charge >= 0.3 is 5.69 Å². The summed E-state index contributed by atoms with van der Waals surface area (Å²) in [4.78, 5) is 14.5. The number of aromatic nitrogens is 3. The molecule has 0 saturated heterocycles. The zero-order chi connectivity index (χ0) is 14.2. The first-order valence-electron chi connectivity index (χ1n) is 5.69. The lowest BCUT2D eigenvalue weighted by Gasteiger charge is -2.20. The van der Waals surface area contributed by atoms with Crippen molar-refractivity contribution in [2.75, 3.05) is 0 Å². The smallest absolute Gasteiger partial charge is 0.307 e. The monoisotopic (exact) mass is 294 g/mol. The van der Waals surface area contributed by atoms with Crippen molar-refractivity contribution in [1.82, 2.24) is 14.8 Å². The first kappa shape index (κ1) is 12.6. The van der Waals surface area contributed by atoms with Crippen LogP contribution < -0.4 is 0 Å². The van der Waals surface area contributed by atoms with E-state index >= 15 is 0 Å². The van der Waals surface area contributed by atoms with E-state index in [2.05, 4.69) is 10.1 Å². The van der Waals surface area contributed by atoms with Gasteiger partial charge in [-0.15, -0.1) is 11.3 Å². The van der Waals surface area contributed by atoms with Gasteiger partial charge < -0.3 is 9.47 Å². The molecule has 1 aliphatic heterocycles. The van der Waals surface area contributed by atoms with Crippen molar-refractivity contribution in [3.63, 3.8) is 0 Å². The lowest BCUT2D eigenvalue weighted by Crippen LogP contribution is -2.22. The van der Waals surface area contributed by atoms with Crippen LogP contribution in [0.15, 0.2) is 30.3 Å². The van der Waals surface area contributed by atoms with Crippen LogP contribution in [-0.4, -0.2) is 19.7 Å².